The molecule has 1 fully saturated rings. The average molecular weight is 234 g/mol. The molecule has 0 amide bonds. The zero-order valence-electron chi connectivity index (χ0n) is 10.6. The van der Waals surface area contributed by atoms with Crippen molar-refractivity contribution in [2.45, 2.75) is 18.9 Å². The van der Waals surface area contributed by atoms with Crippen molar-refractivity contribution in [1.82, 2.24) is 10.2 Å². The van der Waals surface area contributed by atoms with Gasteiger partial charge in [-0.2, -0.15) is 0 Å². The van der Waals surface area contributed by atoms with Gasteiger partial charge in [-0.25, -0.2) is 0 Å². The van der Waals surface area contributed by atoms with E-state index in [0.29, 0.717) is 6.04 Å². The summed E-state index contributed by atoms with van der Waals surface area (Å²) in [5, 5.41) is 3.58. The number of benzene rings is 1. The maximum Gasteiger partial charge on any atom is 0.119 e. The summed E-state index contributed by atoms with van der Waals surface area (Å²) in [6, 6.07) is 10.7. The van der Waals surface area contributed by atoms with E-state index in [2.05, 4.69) is 17.3 Å². The lowest BCUT2D eigenvalue weighted by Crippen LogP contribution is -2.32. The first-order chi connectivity index (χ1) is 8.34. The molecule has 17 heavy (non-hydrogen) atoms. The van der Waals surface area contributed by atoms with Crippen LogP contribution in [-0.2, 0) is 0 Å². The van der Waals surface area contributed by atoms with E-state index < -0.39 is 0 Å². The van der Waals surface area contributed by atoms with Crippen LogP contribution in [0.25, 0.3) is 0 Å². The van der Waals surface area contributed by atoms with Crippen LogP contribution in [0.2, 0.25) is 0 Å². The lowest BCUT2D eigenvalue weighted by molar-refractivity contribution is 0.304. The standard InChI is InChI=1S/C14H22N2O/c1-16-10-8-13(12-16)15-9-5-11-17-14-6-3-2-4-7-14/h2-4,6-7,13,15H,5,8-12H2,1H3. The number of nitrogens with zero attached hydrogens (tertiary/aromatic N) is 1. The number of ether oxygens (including phenoxy) is 1. The van der Waals surface area contributed by atoms with Gasteiger partial charge >= 0.3 is 0 Å². The first kappa shape index (κ1) is 12.4. The lowest BCUT2D eigenvalue weighted by atomic mass is 10.2. The van der Waals surface area contributed by atoms with E-state index in [4.69, 9.17) is 4.74 Å². The molecule has 1 N–H and O–H groups in total. The second kappa shape index (κ2) is 6.62. The van der Waals surface area contributed by atoms with E-state index >= 15 is 0 Å². The first-order valence-electron chi connectivity index (χ1n) is 6.44. The number of nitrogens with one attached hydrogen (secondary N) is 1. The molecular weight excluding hydrogens is 212 g/mol. The van der Waals surface area contributed by atoms with Crippen LogP contribution >= 0.6 is 0 Å². The molecule has 1 atom stereocenters. The van der Waals surface area contributed by atoms with Gasteiger partial charge in [0.1, 0.15) is 5.75 Å². The molecule has 94 valence electrons. The minimum Gasteiger partial charge on any atom is -0.494 e. The van der Waals surface area contributed by atoms with Gasteiger partial charge < -0.3 is 15.0 Å². The van der Waals surface area contributed by atoms with Crippen molar-refractivity contribution in [3.63, 3.8) is 0 Å². The highest BCUT2D eigenvalue weighted by molar-refractivity contribution is 5.20. The van der Waals surface area contributed by atoms with Crippen molar-refractivity contribution in [2.75, 3.05) is 33.3 Å². The molecule has 0 bridgehead atoms. The molecule has 1 aliphatic rings. The van der Waals surface area contributed by atoms with Crippen LogP contribution in [0.4, 0.5) is 0 Å². The molecule has 1 unspecified atom stereocenters. The minimum absolute atomic E-state index is 0.678. The summed E-state index contributed by atoms with van der Waals surface area (Å²) >= 11 is 0. The molecule has 3 nitrogen and oxygen atoms in total. The highest BCUT2D eigenvalue weighted by Crippen LogP contribution is 2.08. The molecule has 1 heterocycles. The molecule has 0 spiro atoms. The largest absolute Gasteiger partial charge is 0.494 e. The van der Waals surface area contributed by atoms with E-state index in [1.165, 1.54) is 19.5 Å². The molecule has 0 saturated carbocycles. The summed E-state index contributed by atoms with van der Waals surface area (Å²) in [6.07, 6.45) is 2.34. The Morgan fingerprint density at radius 3 is 2.88 bits per heavy atom. The van der Waals surface area contributed by atoms with Gasteiger partial charge in [-0.1, -0.05) is 18.2 Å². The Labute approximate surface area is 104 Å². The van der Waals surface area contributed by atoms with Gasteiger partial charge in [-0.15, -0.1) is 0 Å². The summed E-state index contributed by atoms with van der Waals surface area (Å²) in [4.78, 5) is 2.37. The number of hydrogen-bond acceptors (Lipinski definition) is 3. The fourth-order valence-electron chi connectivity index (χ4n) is 2.19. The predicted molar refractivity (Wildman–Crippen MR) is 70.5 cm³/mol. The Morgan fingerprint density at radius 1 is 1.35 bits per heavy atom. The Kier molecular flexibility index (Phi) is 4.83. The topological polar surface area (TPSA) is 24.5 Å². The smallest absolute Gasteiger partial charge is 0.119 e. The second-order valence-corrected chi connectivity index (χ2v) is 4.72. The number of likely N-dealkylation sites (N-methyl/N-ethyl adjacent to an activating group) is 1. The SMILES string of the molecule is CN1CCC(NCCCOc2ccccc2)C1. The van der Waals surface area contributed by atoms with Crippen molar-refractivity contribution in [2.24, 2.45) is 0 Å². The number of para-hydroxylation sites is 1. The van der Waals surface area contributed by atoms with Crippen molar-refractivity contribution in [3.05, 3.63) is 30.3 Å². The average Bonchev–Trinajstić information content (AvgIpc) is 2.76. The van der Waals surface area contributed by atoms with Gasteiger partial charge in [0.15, 0.2) is 0 Å². The second-order valence-electron chi connectivity index (χ2n) is 4.72. The summed E-state index contributed by atoms with van der Waals surface area (Å²) in [6.45, 7) is 4.24. The van der Waals surface area contributed by atoms with Gasteiger partial charge in [0, 0.05) is 12.6 Å². The van der Waals surface area contributed by atoms with E-state index in [-0.39, 0.29) is 0 Å². The van der Waals surface area contributed by atoms with Crippen molar-refractivity contribution < 1.29 is 4.74 Å². The third-order valence-corrected chi connectivity index (χ3v) is 3.16. The highest BCUT2D eigenvalue weighted by atomic mass is 16.5. The minimum atomic E-state index is 0.678. The summed E-state index contributed by atoms with van der Waals surface area (Å²) in [5.41, 5.74) is 0. The summed E-state index contributed by atoms with van der Waals surface area (Å²) in [7, 11) is 2.18. The lowest BCUT2D eigenvalue weighted by Gasteiger charge is -2.12. The molecule has 0 aliphatic carbocycles. The van der Waals surface area contributed by atoms with Crippen LogP contribution in [-0.4, -0.2) is 44.2 Å². The first-order valence-corrected chi connectivity index (χ1v) is 6.44. The summed E-state index contributed by atoms with van der Waals surface area (Å²) in [5.74, 6) is 0.966. The molecule has 0 aromatic heterocycles. The van der Waals surface area contributed by atoms with Crippen molar-refractivity contribution >= 4 is 0 Å². The molecule has 1 aromatic carbocycles. The van der Waals surface area contributed by atoms with Gasteiger partial charge in [-0.05, 0) is 45.1 Å². The fourth-order valence-corrected chi connectivity index (χ4v) is 2.19. The number of rotatable bonds is 6. The quantitative estimate of drug-likeness (QED) is 0.759. The number of hydrogen-bond donors (Lipinski definition) is 1. The van der Waals surface area contributed by atoms with Crippen molar-refractivity contribution in [1.29, 1.82) is 0 Å². The van der Waals surface area contributed by atoms with Crippen LogP contribution in [0.15, 0.2) is 30.3 Å². The zero-order valence-corrected chi connectivity index (χ0v) is 10.6. The van der Waals surface area contributed by atoms with Crippen molar-refractivity contribution in [3.8, 4) is 5.75 Å². The van der Waals surface area contributed by atoms with E-state index in [1.807, 2.05) is 30.3 Å². The Morgan fingerprint density at radius 2 is 2.18 bits per heavy atom. The summed E-state index contributed by atoms with van der Waals surface area (Å²) < 4.78 is 5.64. The van der Waals surface area contributed by atoms with Crippen LogP contribution in [0.5, 0.6) is 5.75 Å². The molecule has 1 aromatic rings. The monoisotopic (exact) mass is 234 g/mol. The number of likely N-dealkylation sites (tertiary alicyclic amines) is 1. The molecule has 0 radical (unpaired) electrons. The Bertz CT molecular complexity index is 315. The van der Waals surface area contributed by atoms with Gasteiger partial charge in [-0.3, -0.25) is 0 Å². The normalized spacial score (nSPS) is 20.6. The molecule has 1 aliphatic heterocycles. The van der Waals surface area contributed by atoms with Crippen LogP contribution < -0.4 is 10.1 Å². The third kappa shape index (κ3) is 4.36. The zero-order chi connectivity index (χ0) is 11.9. The third-order valence-electron chi connectivity index (χ3n) is 3.16. The Hall–Kier alpha value is -1.06. The molecule has 3 heteroatoms. The van der Waals surface area contributed by atoms with E-state index in [9.17, 15) is 0 Å². The highest BCUT2D eigenvalue weighted by Gasteiger charge is 2.17. The molecule has 1 saturated heterocycles. The van der Waals surface area contributed by atoms with Crippen LogP contribution in [0, 0.1) is 0 Å². The van der Waals surface area contributed by atoms with Gasteiger partial charge in [0.05, 0.1) is 6.61 Å². The predicted octanol–water partition coefficient (Wildman–Crippen LogP) is 1.75. The van der Waals surface area contributed by atoms with E-state index in [1.54, 1.807) is 0 Å². The maximum atomic E-state index is 5.64. The fraction of sp³-hybridized carbons (Fsp3) is 0.571. The van der Waals surface area contributed by atoms with Crippen LogP contribution in [0.1, 0.15) is 12.8 Å². The van der Waals surface area contributed by atoms with Gasteiger partial charge in [0.2, 0.25) is 0 Å². The van der Waals surface area contributed by atoms with E-state index in [0.717, 1.165) is 25.3 Å². The maximum absolute atomic E-state index is 5.64. The molecule has 2 rings (SSSR count). The molecular formula is C14H22N2O. The Balaban J connectivity index is 1.52. The van der Waals surface area contributed by atoms with Gasteiger partial charge in [0.25, 0.3) is 0 Å². The van der Waals surface area contributed by atoms with Crippen LogP contribution in [0.3, 0.4) is 0 Å².